The molecule has 0 radical (unpaired) electrons. The molecular formula is C44H53Cl2GeZr. The number of hydrogen-bond acceptors (Lipinski definition) is 0. The van der Waals surface area contributed by atoms with Crippen LogP contribution in [0, 0.1) is 0 Å². The van der Waals surface area contributed by atoms with Gasteiger partial charge in [-0.3, -0.25) is 0 Å². The van der Waals surface area contributed by atoms with E-state index in [1.807, 2.05) is 0 Å². The van der Waals surface area contributed by atoms with E-state index in [4.69, 9.17) is 17.0 Å². The van der Waals surface area contributed by atoms with Crippen LogP contribution < -0.4 is 0 Å². The fourth-order valence-corrected chi connectivity index (χ4v) is 54.1. The third-order valence-electron chi connectivity index (χ3n) is 11.4. The molecule has 2 aliphatic carbocycles. The molecule has 4 aromatic carbocycles. The summed E-state index contributed by atoms with van der Waals surface area (Å²) in [6.45, 7) is 18.3. The van der Waals surface area contributed by atoms with Gasteiger partial charge in [0.15, 0.2) is 0 Å². The van der Waals surface area contributed by atoms with E-state index in [-0.39, 0.29) is 18.1 Å². The Morgan fingerprint density at radius 2 is 0.917 bits per heavy atom. The van der Waals surface area contributed by atoms with Gasteiger partial charge in [0.1, 0.15) is 0 Å². The zero-order valence-electron chi connectivity index (χ0n) is 30.6. The molecule has 2 aliphatic rings. The van der Waals surface area contributed by atoms with Crippen molar-refractivity contribution in [1.29, 1.82) is 0 Å². The molecule has 4 heteroatoms. The van der Waals surface area contributed by atoms with Gasteiger partial charge < -0.3 is 0 Å². The Hall–Kier alpha value is -1.63. The van der Waals surface area contributed by atoms with Crippen molar-refractivity contribution in [2.75, 3.05) is 0 Å². The predicted molar refractivity (Wildman–Crippen MR) is 214 cm³/mol. The second-order valence-corrected chi connectivity index (χ2v) is 80.8. The van der Waals surface area contributed by atoms with E-state index < -0.39 is 24.4 Å². The van der Waals surface area contributed by atoms with E-state index in [1.165, 1.54) is 66.8 Å². The van der Waals surface area contributed by atoms with Crippen molar-refractivity contribution in [1.82, 2.24) is 0 Å². The summed E-state index contributed by atoms with van der Waals surface area (Å²) in [5, 5.41) is 0. The number of halogens is 2. The Labute approximate surface area is 300 Å². The average Bonchev–Trinajstić information content (AvgIpc) is 3.64. The molecule has 0 bridgehead atoms. The van der Waals surface area contributed by atoms with E-state index in [9.17, 15) is 0 Å². The Morgan fingerprint density at radius 1 is 0.562 bits per heavy atom. The van der Waals surface area contributed by atoms with Gasteiger partial charge in [0.2, 0.25) is 0 Å². The zero-order valence-corrected chi connectivity index (χ0v) is 37.0. The monoisotopic (exact) mass is 815 g/mol. The first-order valence-corrected chi connectivity index (χ1v) is 40.6. The normalized spacial score (nSPS) is 18.6. The molecule has 6 rings (SSSR count). The summed E-state index contributed by atoms with van der Waals surface area (Å²) in [4.78, 5) is 0. The molecule has 4 aromatic rings. The molecule has 0 heterocycles. The van der Waals surface area contributed by atoms with E-state index in [1.54, 1.807) is 0 Å². The van der Waals surface area contributed by atoms with Crippen molar-refractivity contribution in [3.8, 4) is 22.3 Å². The molecular weight excluding hydrogens is 763 g/mol. The zero-order chi connectivity index (χ0) is 34.8. The average molecular weight is 817 g/mol. The maximum absolute atomic E-state index is 8.66. The summed E-state index contributed by atoms with van der Waals surface area (Å²) >= 11 is -4.75. The Kier molecular flexibility index (Phi) is 9.68. The fraction of sp³-hybridized carbons (Fsp3) is 0.364. The van der Waals surface area contributed by atoms with Gasteiger partial charge in [-0.25, -0.2) is 0 Å². The van der Waals surface area contributed by atoms with Crippen LogP contribution in [0.1, 0.15) is 109 Å². The molecule has 48 heavy (non-hydrogen) atoms. The van der Waals surface area contributed by atoms with Crippen molar-refractivity contribution in [2.24, 2.45) is 0 Å². The number of hydrogen-bond donors (Lipinski definition) is 0. The Bertz CT molecular complexity index is 1780. The standard InChI is InChI=1S/2C21H23.C2H7Ge.2ClH.Zr/c2*1-5-15-13-17-7-6-8-19(20(17)14-15)16-9-11-18(12-10-16)21(2,3)4;1-3-2;;;/h2*6-14H,5H2,1-4H3;3H,1-2H3;2*1H;/q;;;;;+2/p-2. The second kappa shape index (κ2) is 12.8. The van der Waals surface area contributed by atoms with Crippen LogP contribution >= 0.6 is 17.0 Å². The van der Waals surface area contributed by atoms with Crippen molar-refractivity contribution in [3.63, 3.8) is 0 Å². The van der Waals surface area contributed by atoms with Gasteiger partial charge >= 0.3 is 303 Å². The van der Waals surface area contributed by atoms with Gasteiger partial charge in [-0.2, -0.15) is 0 Å². The summed E-state index contributed by atoms with van der Waals surface area (Å²) < 4.78 is 0.258. The molecule has 0 N–H and O–H groups in total. The topological polar surface area (TPSA) is 0 Å². The van der Waals surface area contributed by atoms with E-state index in [2.05, 4.69) is 164 Å². The van der Waals surface area contributed by atoms with Crippen LogP contribution in [0.4, 0.5) is 0 Å². The molecule has 0 spiro atoms. The molecule has 251 valence electrons. The molecule has 0 saturated carbocycles. The summed E-state index contributed by atoms with van der Waals surface area (Å²) in [7, 11) is 15.1. The number of benzene rings is 4. The molecule has 0 amide bonds. The first-order valence-electron chi connectivity index (χ1n) is 18.0. The summed E-state index contributed by atoms with van der Waals surface area (Å²) in [6, 6.07) is 32.2. The van der Waals surface area contributed by atoms with Crippen molar-refractivity contribution in [2.45, 2.75) is 97.8 Å². The van der Waals surface area contributed by atoms with Crippen LogP contribution in [0.25, 0.3) is 34.4 Å². The van der Waals surface area contributed by atoms with Gasteiger partial charge in [0, 0.05) is 0 Å². The predicted octanol–water partition coefficient (Wildman–Crippen LogP) is 14.0. The number of allylic oxidation sites excluding steroid dienone is 2. The fourth-order valence-electron chi connectivity index (χ4n) is 8.48. The number of fused-ring (bicyclic) bond motifs is 2. The van der Waals surface area contributed by atoms with Crippen LogP contribution in [0.15, 0.2) is 96.1 Å². The van der Waals surface area contributed by atoms with Gasteiger partial charge in [-0.15, -0.1) is 0 Å². The minimum absolute atomic E-state index is 0.122. The quantitative estimate of drug-likeness (QED) is 0.163. The van der Waals surface area contributed by atoms with Gasteiger partial charge in [-0.05, 0) is 0 Å². The van der Waals surface area contributed by atoms with Gasteiger partial charge in [0.05, 0.1) is 0 Å². The van der Waals surface area contributed by atoms with Crippen molar-refractivity contribution in [3.05, 3.63) is 129 Å². The Morgan fingerprint density at radius 3 is 1.21 bits per heavy atom. The summed E-state index contributed by atoms with van der Waals surface area (Å²) in [6.07, 6.45) is 6.89. The summed E-state index contributed by atoms with van der Waals surface area (Å²) in [5.41, 5.74) is 16.4. The van der Waals surface area contributed by atoms with Crippen LogP contribution in [0.3, 0.4) is 0 Å². The number of rotatable bonds is 7. The van der Waals surface area contributed by atoms with E-state index >= 15 is 0 Å². The van der Waals surface area contributed by atoms with Crippen LogP contribution in [0.5, 0.6) is 0 Å². The SMILES string of the molecule is CCC1=Cc2c(-c3ccc(C(C)(C)C)cc3)cccc2[CH]1[Zr]([Cl])([Cl])([CH]1C(CC)=Cc2c(-c3ccc(C(C)(C)C)cc3)cccc21)[GeH]([CH3])[CH3]. The molecule has 2 unspecified atom stereocenters. The van der Waals surface area contributed by atoms with E-state index in [0.29, 0.717) is 0 Å². The molecule has 0 aliphatic heterocycles. The first-order chi connectivity index (χ1) is 22.5. The van der Waals surface area contributed by atoms with Gasteiger partial charge in [0.25, 0.3) is 0 Å². The van der Waals surface area contributed by atoms with Crippen molar-refractivity contribution >= 4 is 39.7 Å². The summed E-state index contributed by atoms with van der Waals surface area (Å²) in [5.74, 6) is 5.00. The minimum atomic E-state index is -4.75. The van der Waals surface area contributed by atoms with Crippen LogP contribution in [-0.2, 0) is 24.7 Å². The molecule has 2 atom stereocenters. The molecule has 0 fully saturated rings. The molecule has 0 aromatic heterocycles. The first kappa shape index (κ1) is 36.2. The molecule has 0 nitrogen and oxygen atoms in total. The van der Waals surface area contributed by atoms with Crippen LogP contribution in [-0.4, -0.2) is 10.6 Å². The van der Waals surface area contributed by atoms with E-state index in [0.717, 1.165) is 12.8 Å². The molecule has 0 saturated heterocycles. The third-order valence-corrected chi connectivity index (χ3v) is 93.3. The second-order valence-electron chi connectivity index (χ2n) is 16.7. The van der Waals surface area contributed by atoms with Gasteiger partial charge in [-0.1, -0.05) is 0 Å². The third kappa shape index (κ3) is 5.96. The van der Waals surface area contributed by atoms with Crippen molar-refractivity contribution < 1.29 is 13.9 Å². The van der Waals surface area contributed by atoms with Crippen LogP contribution in [0.2, 0.25) is 11.5 Å². The Balaban J connectivity index is 1.51. The maximum atomic E-state index is 8.66.